The van der Waals surface area contributed by atoms with Crippen LogP contribution in [0.1, 0.15) is 43.9 Å². The Hall–Kier alpha value is -3.01. The van der Waals surface area contributed by atoms with Crippen LogP contribution in [0.2, 0.25) is 0 Å². The minimum atomic E-state index is -3.91. The van der Waals surface area contributed by atoms with Crippen LogP contribution in [0, 0.1) is 25.2 Å². The Morgan fingerprint density at radius 3 is 2.54 bits per heavy atom. The number of ether oxygens (including phenoxy) is 2. The van der Waals surface area contributed by atoms with E-state index in [1.807, 2.05) is 44.2 Å². The standard InChI is InChI=1S/C30H38N4O4S/c1-20-8-6-9-21(2)28(20)26-14-27-32-29(31-26)33-39(35,36)25-11-7-10-22(13-25)15-34-16-23(12-24(17-34)38-27)18-37-19-30(3,4)5/h6-11,13-14,23-24H,12,15-19H2,1-5H3,(H,31,32,33). The van der Waals surface area contributed by atoms with Crippen molar-refractivity contribution in [2.24, 2.45) is 11.3 Å². The fraction of sp³-hybridized carbons (Fsp3) is 0.467. The second-order valence-electron chi connectivity index (χ2n) is 12.0. The van der Waals surface area contributed by atoms with E-state index in [0.29, 0.717) is 37.9 Å². The molecule has 1 saturated heterocycles. The Kier molecular flexibility index (Phi) is 7.68. The Labute approximate surface area is 231 Å². The Bertz CT molecular complexity index is 1430. The van der Waals surface area contributed by atoms with Gasteiger partial charge >= 0.3 is 0 Å². The molecular weight excluding hydrogens is 512 g/mol. The summed E-state index contributed by atoms with van der Waals surface area (Å²) in [5, 5.41) is 0. The summed E-state index contributed by atoms with van der Waals surface area (Å²) >= 11 is 0. The third kappa shape index (κ3) is 6.77. The molecule has 0 spiro atoms. The minimum Gasteiger partial charge on any atom is -0.473 e. The quantitative estimate of drug-likeness (QED) is 0.477. The van der Waals surface area contributed by atoms with Gasteiger partial charge in [0.25, 0.3) is 10.0 Å². The highest BCUT2D eigenvalue weighted by atomic mass is 32.2. The third-order valence-electron chi connectivity index (χ3n) is 7.03. The highest BCUT2D eigenvalue weighted by Gasteiger charge is 2.31. The molecule has 2 aliphatic heterocycles. The molecule has 1 fully saturated rings. The number of aromatic nitrogens is 2. The summed E-state index contributed by atoms with van der Waals surface area (Å²) in [5.41, 5.74) is 4.67. The molecule has 5 rings (SSSR count). The molecule has 2 aromatic carbocycles. The number of hydrogen-bond acceptors (Lipinski definition) is 7. The lowest BCUT2D eigenvalue weighted by Crippen LogP contribution is -2.46. The Balaban J connectivity index is 1.55. The highest BCUT2D eigenvalue weighted by Crippen LogP contribution is 2.31. The number of piperidine rings is 1. The Morgan fingerprint density at radius 2 is 1.79 bits per heavy atom. The summed E-state index contributed by atoms with van der Waals surface area (Å²) in [6.45, 7) is 14.1. The predicted molar refractivity (Wildman–Crippen MR) is 152 cm³/mol. The third-order valence-corrected chi connectivity index (χ3v) is 8.36. The second kappa shape index (κ2) is 10.9. The van der Waals surface area contributed by atoms with E-state index in [1.165, 1.54) is 0 Å². The van der Waals surface area contributed by atoms with Gasteiger partial charge in [-0.3, -0.25) is 4.90 Å². The SMILES string of the molecule is Cc1cccc(C)c1-c1cc2nc(n1)NS(=O)(=O)c1cccc(c1)CN1CC(COCC(C)(C)C)CC(C1)O2. The van der Waals surface area contributed by atoms with Crippen molar-refractivity contribution in [1.29, 1.82) is 0 Å². The summed E-state index contributed by atoms with van der Waals surface area (Å²) in [6.07, 6.45) is 0.695. The molecule has 1 N–H and O–H groups in total. The van der Waals surface area contributed by atoms with Gasteiger partial charge in [-0.15, -0.1) is 0 Å². The zero-order valence-corrected chi connectivity index (χ0v) is 24.2. The average Bonchev–Trinajstić information content (AvgIpc) is 2.82. The molecule has 8 nitrogen and oxygen atoms in total. The first-order valence-electron chi connectivity index (χ1n) is 13.5. The molecule has 0 saturated carbocycles. The van der Waals surface area contributed by atoms with Crippen LogP contribution in [-0.4, -0.2) is 55.7 Å². The molecule has 0 aliphatic carbocycles. The van der Waals surface area contributed by atoms with Crippen molar-refractivity contribution in [3.63, 3.8) is 0 Å². The van der Waals surface area contributed by atoms with Crippen molar-refractivity contribution in [2.45, 2.75) is 58.6 Å². The largest absolute Gasteiger partial charge is 0.473 e. The van der Waals surface area contributed by atoms with Crippen LogP contribution in [0.4, 0.5) is 5.95 Å². The number of rotatable bonds is 4. The maximum Gasteiger partial charge on any atom is 0.264 e. The molecule has 1 aromatic heterocycles. The number of nitrogens with zero attached hydrogens (tertiary/aromatic N) is 3. The van der Waals surface area contributed by atoms with Crippen molar-refractivity contribution >= 4 is 16.0 Å². The minimum absolute atomic E-state index is 0.00692. The van der Waals surface area contributed by atoms with Crippen molar-refractivity contribution < 1.29 is 17.9 Å². The van der Waals surface area contributed by atoms with E-state index in [0.717, 1.165) is 35.2 Å². The lowest BCUT2D eigenvalue weighted by Gasteiger charge is -2.37. The monoisotopic (exact) mass is 550 g/mol. The lowest BCUT2D eigenvalue weighted by atomic mass is 9.95. The van der Waals surface area contributed by atoms with E-state index in [9.17, 15) is 8.42 Å². The van der Waals surface area contributed by atoms with Crippen LogP contribution in [0.15, 0.2) is 53.4 Å². The summed E-state index contributed by atoms with van der Waals surface area (Å²) in [4.78, 5) is 11.6. The van der Waals surface area contributed by atoms with E-state index in [-0.39, 0.29) is 28.3 Å². The van der Waals surface area contributed by atoms with E-state index in [1.54, 1.807) is 18.2 Å². The first kappa shape index (κ1) is 27.6. The maximum absolute atomic E-state index is 13.4. The number of aryl methyl sites for hydroxylation is 2. The number of anilines is 1. The molecule has 2 aliphatic rings. The topological polar surface area (TPSA) is 93.7 Å². The fourth-order valence-electron chi connectivity index (χ4n) is 5.41. The molecule has 3 aromatic rings. The molecule has 9 heteroatoms. The normalized spacial score (nSPS) is 22.4. The van der Waals surface area contributed by atoms with Crippen LogP contribution in [0.3, 0.4) is 0 Å². The zero-order chi connectivity index (χ0) is 27.8. The molecule has 208 valence electrons. The average molecular weight is 551 g/mol. The van der Waals surface area contributed by atoms with Crippen LogP contribution in [-0.2, 0) is 21.3 Å². The molecule has 0 radical (unpaired) electrons. The van der Waals surface area contributed by atoms with Crippen LogP contribution in [0.25, 0.3) is 11.3 Å². The second-order valence-corrected chi connectivity index (χ2v) is 13.7. The summed E-state index contributed by atoms with van der Waals surface area (Å²) in [6, 6.07) is 14.9. The van der Waals surface area contributed by atoms with E-state index in [2.05, 4.69) is 40.4 Å². The molecule has 3 unspecified atom stereocenters. The lowest BCUT2D eigenvalue weighted by molar-refractivity contribution is -0.00858. The summed E-state index contributed by atoms with van der Waals surface area (Å²) in [7, 11) is -3.91. The number of benzene rings is 2. The van der Waals surface area contributed by atoms with E-state index >= 15 is 0 Å². The van der Waals surface area contributed by atoms with Crippen molar-refractivity contribution in [3.8, 4) is 17.1 Å². The first-order valence-corrected chi connectivity index (χ1v) is 15.0. The zero-order valence-electron chi connectivity index (χ0n) is 23.4. The van der Waals surface area contributed by atoms with Crippen LogP contribution in [0.5, 0.6) is 5.88 Å². The van der Waals surface area contributed by atoms with Crippen molar-refractivity contribution in [1.82, 2.24) is 14.9 Å². The van der Waals surface area contributed by atoms with Gasteiger partial charge in [0.15, 0.2) is 0 Å². The van der Waals surface area contributed by atoms with Gasteiger partial charge in [-0.05, 0) is 60.4 Å². The number of hydrogen-bond donors (Lipinski definition) is 1. The number of sulfonamides is 1. The van der Waals surface area contributed by atoms with Gasteiger partial charge in [-0.2, -0.15) is 4.98 Å². The highest BCUT2D eigenvalue weighted by molar-refractivity contribution is 7.92. The smallest absolute Gasteiger partial charge is 0.264 e. The molecular formula is C30H38N4O4S. The van der Waals surface area contributed by atoms with Gasteiger partial charge in [-0.25, -0.2) is 18.1 Å². The number of nitrogens with one attached hydrogen (secondary N) is 1. The van der Waals surface area contributed by atoms with Gasteiger partial charge in [0, 0.05) is 31.3 Å². The molecule has 6 bridgehead atoms. The fourth-order valence-corrected chi connectivity index (χ4v) is 6.43. The van der Waals surface area contributed by atoms with Gasteiger partial charge in [0.2, 0.25) is 11.8 Å². The predicted octanol–water partition coefficient (Wildman–Crippen LogP) is 5.21. The number of fused-ring (bicyclic) bond motifs is 6. The molecule has 3 atom stereocenters. The Morgan fingerprint density at radius 1 is 1.05 bits per heavy atom. The van der Waals surface area contributed by atoms with E-state index in [4.69, 9.17) is 9.47 Å². The van der Waals surface area contributed by atoms with Crippen molar-refractivity contribution in [2.75, 3.05) is 31.0 Å². The molecule has 0 amide bonds. The summed E-state index contributed by atoms with van der Waals surface area (Å²) < 4.78 is 42.0. The van der Waals surface area contributed by atoms with Crippen LogP contribution < -0.4 is 9.46 Å². The van der Waals surface area contributed by atoms with Gasteiger partial charge in [0.05, 0.1) is 23.8 Å². The van der Waals surface area contributed by atoms with E-state index < -0.39 is 10.0 Å². The van der Waals surface area contributed by atoms with Gasteiger partial charge < -0.3 is 9.47 Å². The first-order chi connectivity index (χ1) is 18.4. The molecule has 39 heavy (non-hydrogen) atoms. The maximum atomic E-state index is 13.4. The van der Waals surface area contributed by atoms with Crippen molar-refractivity contribution in [3.05, 3.63) is 65.2 Å². The molecule has 3 heterocycles. The summed E-state index contributed by atoms with van der Waals surface area (Å²) in [5.74, 6) is 0.626. The van der Waals surface area contributed by atoms with Gasteiger partial charge in [0.1, 0.15) is 6.10 Å². The van der Waals surface area contributed by atoms with Crippen LogP contribution >= 0.6 is 0 Å². The van der Waals surface area contributed by atoms with Gasteiger partial charge in [-0.1, -0.05) is 51.1 Å².